The van der Waals surface area contributed by atoms with E-state index < -0.39 is 53.8 Å². The van der Waals surface area contributed by atoms with Crippen LogP contribution in [0.2, 0.25) is 0 Å². The summed E-state index contributed by atoms with van der Waals surface area (Å²) in [7, 11) is 0. The summed E-state index contributed by atoms with van der Waals surface area (Å²) in [5.74, 6) is -3.77. The minimum atomic E-state index is -1.15. The van der Waals surface area contributed by atoms with Crippen LogP contribution >= 0.6 is 0 Å². The molecule has 1 aliphatic rings. The van der Waals surface area contributed by atoms with Gasteiger partial charge in [0.15, 0.2) is 0 Å². The van der Waals surface area contributed by atoms with Crippen molar-refractivity contribution in [3.63, 3.8) is 0 Å². The lowest BCUT2D eigenvalue weighted by atomic mass is 9.96. The van der Waals surface area contributed by atoms with Crippen LogP contribution in [-0.2, 0) is 30.4 Å². The zero-order valence-electron chi connectivity index (χ0n) is 20.8. The van der Waals surface area contributed by atoms with Crippen molar-refractivity contribution in [2.75, 3.05) is 6.54 Å². The Morgan fingerprint density at radius 1 is 1.11 bits per heavy atom. The summed E-state index contributed by atoms with van der Waals surface area (Å²) in [4.78, 5) is 63.5. The number of carbonyl (C=O) groups is 5. The van der Waals surface area contributed by atoms with E-state index in [1.807, 2.05) is 37.3 Å². The van der Waals surface area contributed by atoms with Crippen molar-refractivity contribution in [3.05, 3.63) is 35.9 Å². The molecular formula is C25H37N5O6. The van der Waals surface area contributed by atoms with Gasteiger partial charge in [-0.2, -0.15) is 0 Å². The summed E-state index contributed by atoms with van der Waals surface area (Å²) in [6.45, 7) is 3.92. The highest BCUT2D eigenvalue weighted by atomic mass is 16.4. The lowest BCUT2D eigenvalue weighted by Crippen LogP contribution is -2.58. The summed E-state index contributed by atoms with van der Waals surface area (Å²) in [5, 5.41) is 14.8. The molecule has 11 nitrogen and oxygen atoms in total. The molecule has 198 valence electrons. The van der Waals surface area contributed by atoms with Crippen LogP contribution in [0.15, 0.2) is 30.3 Å². The third-order valence-corrected chi connectivity index (χ3v) is 6.55. The average molecular weight is 504 g/mol. The molecule has 1 aromatic rings. The molecule has 0 aliphatic carbocycles. The number of nitrogens with one attached hydrogen (secondary N) is 2. The molecule has 0 spiro atoms. The smallest absolute Gasteiger partial charge is 0.326 e. The van der Waals surface area contributed by atoms with E-state index in [2.05, 4.69) is 10.6 Å². The second-order valence-corrected chi connectivity index (χ2v) is 9.26. The number of primary amides is 1. The molecule has 36 heavy (non-hydrogen) atoms. The van der Waals surface area contributed by atoms with Crippen LogP contribution in [0.3, 0.4) is 0 Å². The van der Waals surface area contributed by atoms with Crippen molar-refractivity contribution in [2.24, 2.45) is 17.4 Å². The maximum Gasteiger partial charge on any atom is 0.326 e. The van der Waals surface area contributed by atoms with Gasteiger partial charge in [-0.1, -0.05) is 50.6 Å². The molecule has 1 fully saturated rings. The van der Waals surface area contributed by atoms with E-state index in [0.717, 1.165) is 5.56 Å². The number of amides is 4. The SMILES string of the molecule is CCC(C)C(NC(=O)C(CCC(N)=O)NC(=O)C(N)Cc1ccccc1)C(=O)N1CCCC1C(=O)O. The topological polar surface area (TPSA) is 185 Å². The molecule has 11 heteroatoms. The van der Waals surface area contributed by atoms with Crippen molar-refractivity contribution < 1.29 is 29.1 Å². The summed E-state index contributed by atoms with van der Waals surface area (Å²) in [6, 6.07) is 5.12. The predicted octanol–water partition coefficient (Wildman–Crippen LogP) is -0.0868. The van der Waals surface area contributed by atoms with Crippen LogP contribution in [-0.4, -0.2) is 70.3 Å². The van der Waals surface area contributed by atoms with Gasteiger partial charge in [0, 0.05) is 13.0 Å². The maximum absolute atomic E-state index is 13.3. The standard InChI is InChI=1S/C25H37N5O6/c1-3-15(2)21(24(34)30-13-7-10-19(30)25(35)36)29-23(33)18(11-12-20(27)31)28-22(32)17(26)14-16-8-5-4-6-9-16/h4-6,8-9,15,17-19,21H,3,7,10-14,26H2,1-2H3,(H2,27,31)(H,28,32)(H,29,33)(H,35,36). The van der Waals surface area contributed by atoms with Gasteiger partial charge in [0.25, 0.3) is 0 Å². The number of benzene rings is 1. The number of nitrogens with zero attached hydrogens (tertiary/aromatic N) is 1. The molecule has 7 N–H and O–H groups in total. The van der Waals surface area contributed by atoms with E-state index in [9.17, 15) is 29.1 Å². The van der Waals surface area contributed by atoms with Crippen LogP contribution in [0.25, 0.3) is 0 Å². The van der Waals surface area contributed by atoms with E-state index in [4.69, 9.17) is 11.5 Å². The van der Waals surface area contributed by atoms with Crippen LogP contribution in [0, 0.1) is 5.92 Å². The predicted molar refractivity (Wildman–Crippen MR) is 132 cm³/mol. The van der Waals surface area contributed by atoms with Gasteiger partial charge >= 0.3 is 5.97 Å². The number of aliphatic carboxylic acids is 1. The molecule has 1 saturated heterocycles. The zero-order chi connectivity index (χ0) is 26.8. The lowest BCUT2D eigenvalue weighted by molar-refractivity contribution is -0.150. The van der Waals surface area contributed by atoms with Crippen molar-refractivity contribution in [1.82, 2.24) is 15.5 Å². The molecule has 1 heterocycles. The van der Waals surface area contributed by atoms with E-state index >= 15 is 0 Å². The third kappa shape index (κ3) is 8.04. The normalized spacial score (nSPS) is 18.5. The Labute approximate surface area is 211 Å². The first-order valence-corrected chi connectivity index (χ1v) is 12.3. The summed E-state index contributed by atoms with van der Waals surface area (Å²) in [5.41, 5.74) is 12.1. The average Bonchev–Trinajstić information content (AvgIpc) is 3.35. The Balaban J connectivity index is 2.16. The van der Waals surface area contributed by atoms with Gasteiger partial charge in [-0.25, -0.2) is 4.79 Å². The molecular weight excluding hydrogens is 466 g/mol. The Morgan fingerprint density at radius 3 is 2.36 bits per heavy atom. The third-order valence-electron chi connectivity index (χ3n) is 6.55. The van der Waals surface area contributed by atoms with Gasteiger partial charge in [0.05, 0.1) is 6.04 Å². The molecule has 1 aliphatic heterocycles. The Kier molecular flexibility index (Phi) is 10.8. The van der Waals surface area contributed by atoms with Crippen molar-refractivity contribution in [1.29, 1.82) is 0 Å². The Hall–Kier alpha value is -3.47. The molecule has 5 atom stereocenters. The van der Waals surface area contributed by atoms with Gasteiger partial charge in [-0.3, -0.25) is 19.2 Å². The molecule has 2 rings (SSSR count). The van der Waals surface area contributed by atoms with Crippen molar-refractivity contribution >= 4 is 29.6 Å². The van der Waals surface area contributed by atoms with Crippen LogP contribution in [0.5, 0.6) is 0 Å². The van der Waals surface area contributed by atoms with Crippen LogP contribution in [0.4, 0.5) is 0 Å². The van der Waals surface area contributed by atoms with Gasteiger partial charge in [-0.05, 0) is 37.2 Å². The number of rotatable bonds is 13. The number of carboxylic acids is 1. The van der Waals surface area contributed by atoms with Crippen molar-refractivity contribution in [3.8, 4) is 0 Å². The van der Waals surface area contributed by atoms with Gasteiger partial charge in [0.1, 0.15) is 18.1 Å². The van der Waals surface area contributed by atoms with Crippen molar-refractivity contribution in [2.45, 2.75) is 76.5 Å². The molecule has 0 aromatic heterocycles. The maximum atomic E-state index is 13.3. The number of carbonyl (C=O) groups excluding carboxylic acids is 4. The largest absolute Gasteiger partial charge is 0.480 e. The Morgan fingerprint density at radius 2 is 1.78 bits per heavy atom. The lowest BCUT2D eigenvalue weighted by Gasteiger charge is -2.31. The highest BCUT2D eigenvalue weighted by Gasteiger charge is 2.40. The van der Waals surface area contributed by atoms with E-state index in [1.54, 1.807) is 6.92 Å². The number of hydrogen-bond donors (Lipinski definition) is 5. The summed E-state index contributed by atoms with van der Waals surface area (Å²) in [6.07, 6.45) is 1.45. The Bertz CT molecular complexity index is 940. The molecule has 0 radical (unpaired) electrons. The minimum absolute atomic E-state index is 0.0756. The number of hydrogen-bond acceptors (Lipinski definition) is 6. The second-order valence-electron chi connectivity index (χ2n) is 9.26. The van der Waals surface area contributed by atoms with Gasteiger partial charge in [-0.15, -0.1) is 0 Å². The van der Waals surface area contributed by atoms with Gasteiger partial charge in [0.2, 0.25) is 23.6 Å². The minimum Gasteiger partial charge on any atom is -0.480 e. The zero-order valence-corrected chi connectivity index (χ0v) is 20.8. The monoisotopic (exact) mass is 503 g/mol. The molecule has 0 bridgehead atoms. The summed E-state index contributed by atoms with van der Waals surface area (Å²) < 4.78 is 0. The van der Waals surface area contributed by atoms with E-state index in [1.165, 1.54) is 4.90 Å². The van der Waals surface area contributed by atoms with Crippen LogP contribution < -0.4 is 22.1 Å². The fourth-order valence-electron chi connectivity index (χ4n) is 4.20. The molecule has 0 saturated carbocycles. The fourth-order valence-corrected chi connectivity index (χ4v) is 4.20. The van der Waals surface area contributed by atoms with E-state index in [-0.39, 0.29) is 31.7 Å². The second kappa shape index (κ2) is 13.6. The number of nitrogens with two attached hydrogens (primary N) is 2. The summed E-state index contributed by atoms with van der Waals surface area (Å²) >= 11 is 0. The highest BCUT2D eigenvalue weighted by Crippen LogP contribution is 2.21. The quantitative estimate of drug-likeness (QED) is 0.249. The molecule has 1 aromatic carbocycles. The highest BCUT2D eigenvalue weighted by molar-refractivity contribution is 5.94. The first kappa shape index (κ1) is 28.8. The molecule has 5 unspecified atom stereocenters. The number of likely N-dealkylation sites (tertiary alicyclic amines) is 1. The van der Waals surface area contributed by atoms with Gasteiger partial charge < -0.3 is 32.1 Å². The van der Waals surface area contributed by atoms with Crippen LogP contribution in [0.1, 0.15) is 51.5 Å². The first-order valence-electron chi connectivity index (χ1n) is 12.3. The first-order chi connectivity index (χ1) is 17.0. The molecule has 4 amide bonds. The van der Waals surface area contributed by atoms with E-state index in [0.29, 0.717) is 19.3 Å². The number of carboxylic acid groups (broad SMARTS) is 1. The fraction of sp³-hybridized carbons (Fsp3) is 0.560.